The van der Waals surface area contributed by atoms with Crippen LogP contribution in [0.2, 0.25) is 0 Å². The first-order valence-electron chi connectivity index (χ1n) is 9.12. The molecule has 1 atom stereocenters. The molecule has 0 bridgehead atoms. The van der Waals surface area contributed by atoms with E-state index in [2.05, 4.69) is 0 Å². The minimum Gasteiger partial charge on any atom is -0.459 e. The van der Waals surface area contributed by atoms with E-state index >= 15 is 0 Å². The molecule has 30 heavy (non-hydrogen) atoms. The van der Waals surface area contributed by atoms with Gasteiger partial charge >= 0.3 is 5.97 Å². The molecule has 160 valence electrons. The summed E-state index contributed by atoms with van der Waals surface area (Å²) >= 11 is 0. The molecule has 11 heteroatoms. The van der Waals surface area contributed by atoms with Gasteiger partial charge in [-0.05, 0) is 37.3 Å². The molecule has 1 aromatic heterocycles. The van der Waals surface area contributed by atoms with E-state index in [0.29, 0.717) is 13.1 Å². The Kier molecular flexibility index (Phi) is 6.22. The van der Waals surface area contributed by atoms with Crippen molar-refractivity contribution in [1.29, 1.82) is 0 Å². The van der Waals surface area contributed by atoms with Crippen LogP contribution in [-0.4, -0.2) is 68.3 Å². The Morgan fingerprint density at radius 2 is 1.73 bits per heavy atom. The largest absolute Gasteiger partial charge is 0.459 e. The van der Waals surface area contributed by atoms with Crippen molar-refractivity contribution in [2.75, 3.05) is 26.2 Å². The lowest BCUT2D eigenvalue weighted by molar-refractivity contribution is -0.141. The number of rotatable bonds is 5. The van der Waals surface area contributed by atoms with E-state index < -0.39 is 28.0 Å². The van der Waals surface area contributed by atoms with Crippen LogP contribution in [0.1, 0.15) is 27.8 Å². The lowest BCUT2D eigenvalue weighted by atomic mass is 10.2. The average Bonchev–Trinajstić information content (AvgIpc) is 3.27. The first-order chi connectivity index (χ1) is 14.2. The molecule has 0 saturated carbocycles. The number of esters is 1. The molecule has 0 spiro atoms. The van der Waals surface area contributed by atoms with Crippen molar-refractivity contribution in [3.8, 4) is 0 Å². The number of primary sulfonamides is 1. The number of ether oxygens (including phenoxy) is 1. The molecule has 2 amide bonds. The van der Waals surface area contributed by atoms with Gasteiger partial charge in [0.25, 0.3) is 11.8 Å². The van der Waals surface area contributed by atoms with Gasteiger partial charge in [0.2, 0.25) is 10.0 Å². The quantitative estimate of drug-likeness (QED) is 0.673. The molecule has 0 radical (unpaired) electrons. The first kappa shape index (κ1) is 21.5. The van der Waals surface area contributed by atoms with Gasteiger partial charge in [-0.3, -0.25) is 9.59 Å². The Bertz CT molecular complexity index is 1040. The Morgan fingerprint density at radius 1 is 1.07 bits per heavy atom. The summed E-state index contributed by atoms with van der Waals surface area (Å²) in [6.45, 7) is 2.65. The summed E-state index contributed by atoms with van der Waals surface area (Å²) in [7, 11) is -3.97. The SMILES string of the molecule is CC(OC(=O)c1cccc(S(N)(=O)=O)c1)C(=O)N1CCN(C(=O)c2ccco2)CC1. The topological polar surface area (TPSA) is 140 Å². The van der Waals surface area contributed by atoms with E-state index in [1.807, 2.05) is 0 Å². The fourth-order valence-corrected chi connectivity index (χ4v) is 3.58. The molecule has 2 N–H and O–H groups in total. The lowest BCUT2D eigenvalue weighted by Crippen LogP contribution is -2.53. The van der Waals surface area contributed by atoms with Crippen molar-refractivity contribution >= 4 is 27.8 Å². The van der Waals surface area contributed by atoms with Gasteiger partial charge in [0.1, 0.15) is 0 Å². The Morgan fingerprint density at radius 3 is 2.33 bits per heavy atom. The molecule has 0 aliphatic carbocycles. The molecule has 3 rings (SSSR count). The number of hydrogen-bond donors (Lipinski definition) is 1. The average molecular weight is 435 g/mol. The number of carbonyl (C=O) groups excluding carboxylic acids is 3. The maximum Gasteiger partial charge on any atom is 0.338 e. The summed E-state index contributed by atoms with van der Waals surface area (Å²) in [5, 5.41) is 5.06. The van der Waals surface area contributed by atoms with Crippen LogP contribution in [0.3, 0.4) is 0 Å². The summed E-state index contributed by atoms with van der Waals surface area (Å²) in [4.78, 5) is 40.0. The maximum absolute atomic E-state index is 12.6. The van der Waals surface area contributed by atoms with E-state index in [4.69, 9.17) is 14.3 Å². The number of piperazine rings is 1. The van der Waals surface area contributed by atoms with Crippen molar-refractivity contribution in [2.45, 2.75) is 17.9 Å². The second-order valence-electron chi connectivity index (χ2n) is 6.72. The molecule has 1 aliphatic heterocycles. The van der Waals surface area contributed by atoms with Crippen molar-refractivity contribution < 1.29 is 32.0 Å². The van der Waals surface area contributed by atoms with Crippen LogP contribution < -0.4 is 5.14 Å². The van der Waals surface area contributed by atoms with E-state index in [1.54, 1.807) is 17.0 Å². The van der Waals surface area contributed by atoms with Gasteiger partial charge in [-0.2, -0.15) is 0 Å². The molecule has 1 unspecified atom stereocenters. The molecule has 2 aromatic rings. The predicted molar refractivity (Wildman–Crippen MR) is 104 cm³/mol. The monoisotopic (exact) mass is 435 g/mol. The summed E-state index contributed by atoms with van der Waals surface area (Å²) in [6, 6.07) is 8.28. The van der Waals surface area contributed by atoms with Crippen LogP contribution >= 0.6 is 0 Å². The number of sulfonamides is 1. The maximum atomic E-state index is 12.6. The van der Waals surface area contributed by atoms with Crippen LogP contribution in [0.25, 0.3) is 0 Å². The Hall–Kier alpha value is -3.18. The zero-order valence-corrected chi connectivity index (χ0v) is 17.0. The van der Waals surface area contributed by atoms with Crippen molar-refractivity contribution in [3.63, 3.8) is 0 Å². The molecule has 1 fully saturated rings. The Labute approximate surface area is 173 Å². The van der Waals surface area contributed by atoms with Gasteiger partial charge in [-0.15, -0.1) is 0 Å². The van der Waals surface area contributed by atoms with Crippen LogP contribution in [-0.2, 0) is 19.6 Å². The van der Waals surface area contributed by atoms with Crippen molar-refractivity contribution in [2.24, 2.45) is 5.14 Å². The molecular weight excluding hydrogens is 414 g/mol. The summed E-state index contributed by atoms with van der Waals surface area (Å²) in [5.74, 6) is -1.26. The molecule has 1 aromatic carbocycles. The van der Waals surface area contributed by atoms with Crippen LogP contribution in [0, 0.1) is 0 Å². The van der Waals surface area contributed by atoms with Gasteiger partial charge in [0.15, 0.2) is 11.9 Å². The number of benzene rings is 1. The predicted octanol–water partition coefficient (Wildman–Crippen LogP) is 0.457. The minimum absolute atomic E-state index is 0.0324. The Balaban J connectivity index is 1.56. The number of amides is 2. The summed E-state index contributed by atoms with van der Waals surface area (Å²) in [6.07, 6.45) is 0.338. The third-order valence-electron chi connectivity index (χ3n) is 4.64. The van der Waals surface area contributed by atoms with Crippen LogP contribution in [0.15, 0.2) is 52.0 Å². The highest BCUT2D eigenvalue weighted by molar-refractivity contribution is 7.89. The summed E-state index contributed by atoms with van der Waals surface area (Å²) < 4.78 is 33.1. The molecule has 1 saturated heterocycles. The smallest absolute Gasteiger partial charge is 0.338 e. The van der Waals surface area contributed by atoms with Crippen LogP contribution in [0.5, 0.6) is 0 Å². The highest BCUT2D eigenvalue weighted by Crippen LogP contribution is 2.14. The number of nitrogens with zero attached hydrogens (tertiary/aromatic N) is 2. The van der Waals surface area contributed by atoms with Gasteiger partial charge in [0, 0.05) is 26.2 Å². The third kappa shape index (κ3) is 4.86. The molecule has 1 aliphatic rings. The summed E-state index contributed by atoms with van der Waals surface area (Å²) in [5.41, 5.74) is -0.0324. The van der Waals surface area contributed by atoms with E-state index in [1.165, 1.54) is 36.3 Å². The van der Waals surface area contributed by atoms with E-state index in [-0.39, 0.29) is 35.2 Å². The van der Waals surface area contributed by atoms with E-state index in [9.17, 15) is 22.8 Å². The van der Waals surface area contributed by atoms with Gasteiger partial charge in [-0.1, -0.05) is 6.07 Å². The highest BCUT2D eigenvalue weighted by Gasteiger charge is 2.30. The zero-order valence-electron chi connectivity index (χ0n) is 16.2. The normalized spacial score (nSPS) is 15.5. The van der Waals surface area contributed by atoms with Crippen molar-refractivity contribution in [1.82, 2.24) is 9.80 Å². The number of carbonyl (C=O) groups is 3. The van der Waals surface area contributed by atoms with Gasteiger partial charge in [-0.25, -0.2) is 18.4 Å². The number of hydrogen-bond acceptors (Lipinski definition) is 7. The molecular formula is C19H21N3O7S. The zero-order chi connectivity index (χ0) is 21.9. The molecule has 2 heterocycles. The first-order valence-corrected chi connectivity index (χ1v) is 10.7. The third-order valence-corrected chi connectivity index (χ3v) is 5.55. The standard InChI is InChI=1S/C19H21N3O7S/c1-13(29-19(25)14-4-2-5-15(12-14)30(20,26)27)17(23)21-7-9-22(10-8-21)18(24)16-6-3-11-28-16/h2-6,11-13H,7-10H2,1H3,(H2,20,26,27). The van der Waals surface area contributed by atoms with Crippen molar-refractivity contribution in [3.05, 3.63) is 54.0 Å². The fourth-order valence-electron chi connectivity index (χ4n) is 3.02. The van der Waals surface area contributed by atoms with Crippen LogP contribution in [0.4, 0.5) is 0 Å². The lowest BCUT2D eigenvalue weighted by Gasteiger charge is -2.35. The molecule has 10 nitrogen and oxygen atoms in total. The minimum atomic E-state index is -3.97. The fraction of sp³-hybridized carbons (Fsp3) is 0.316. The van der Waals surface area contributed by atoms with Gasteiger partial charge < -0.3 is 19.0 Å². The second kappa shape index (κ2) is 8.67. The highest BCUT2D eigenvalue weighted by atomic mass is 32.2. The van der Waals surface area contributed by atoms with E-state index in [0.717, 1.165) is 6.07 Å². The number of furan rings is 1. The second-order valence-corrected chi connectivity index (χ2v) is 8.28. The number of nitrogens with two attached hydrogens (primary N) is 1. The van der Waals surface area contributed by atoms with Gasteiger partial charge in [0.05, 0.1) is 16.7 Å².